The van der Waals surface area contributed by atoms with Gasteiger partial charge in [0.05, 0.1) is 16.8 Å². The van der Waals surface area contributed by atoms with Crippen LogP contribution in [-0.4, -0.2) is 21.2 Å². The number of hydrogen-bond donors (Lipinski definition) is 2. The molecule has 2 N–H and O–H groups in total. The van der Waals surface area contributed by atoms with Gasteiger partial charge in [0.25, 0.3) is 5.69 Å². The number of anilines is 1. The molecule has 0 unspecified atom stereocenters. The Morgan fingerprint density at radius 3 is 2.75 bits per heavy atom. The third kappa shape index (κ3) is 3.73. The zero-order valence-corrected chi connectivity index (χ0v) is 13.1. The van der Waals surface area contributed by atoms with E-state index >= 15 is 0 Å². The molecule has 1 aromatic heterocycles. The first-order valence-corrected chi connectivity index (χ1v) is 7.78. The molecule has 0 atom stereocenters. The summed E-state index contributed by atoms with van der Waals surface area (Å²) in [5.74, 6) is 0.175. The van der Waals surface area contributed by atoms with Gasteiger partial charge in [-0.2, -0.15) is 5.10 Å². The van der Waals surface area contributed by atoms with Crippen molar-refractivity contribution >= 4 is 28.4 Å². The predicted molar refractivity (Wildman–Crippen MR) is 93.5 cm³/mol. The van der Waals surface area contributed by atoms with Crippen molar-refractivity contribution < 1.29 is 10.0 Å². The highest BCUT2D eigenvalue weighted by molar-refractivity contribution is 7.14. The maximum atomic E-state index is 10.7. The molecule has 24 heavy (non-hydrogen) atoms. The second-order valence-corrected chi connectivity index (χ2v) is 5.66. The van der Waals surface area contributed by atoms with Gasteiger partial charge in [-0.3, -0.25) is 15.5 Å². The van der Waals surface area contributed by atoms with Crippen LogP contribution in [0, 0.1) is 10.1 Å². The van der Waals surface area contributed by atoms with Crippen molar-refractivity contribution in [2.45, 2.75) is 0 Å². The Labute approximate surface area is 141 Å². The monoisotopic (exact) mass is 340 g/mol. The van der Waals surface area contributed by atoms with Gasteiger partial charge >= 0.3 is 0 Å². The van der Waals surface area contributed by atoms with Crippen LogP contribution in [0.15, 0.2) is 59.0 Å². The van der Waals surface area contributed by atoms with E-state index in [0.717, 1.165) is 11.1 Å². The van der Waals surface area contributed by atoms with Crippen LogP contribution in [0.4, 0.5) is 10.8 Å². The molecule has 0 bridgehead atoms. The highest BCUT2D eigenvalue weighted by Crippen LogP contribution is 2.26. The van der Waals surface area contributed by atoms with E-state index in [0.29, 0.717) is 10.8 Å². The fourth-order valence-corrected chi connectivity index (χ4v) is 2.65. The number of rotatable bonds is 5. The predicted octanol–water partition coefficient (Wildman–Crippen LogP) is 3.87. The zero-order chi connectivity index (χ0) is 16.9. The molecule has 7 nitrogen and oxygen atoms in total. The standard InChI is InChI=1S/C16H12N4O3S/c21-14-3-1-2-11(8-14)9-17-19-16-18-15(10-24-16)12-4-6-13(7-5-12)20(22)23/h1-10,21H,(H,18,19)/b17-9-. The molecule has 0 amide bonds. The number of nitrogens with one attached hydrogen (secondary N) is 1. The van der Waals surface area contributed by atoms with Gasteiger partial charge in [-0.25, -0.2) is 4.98 Å². The molecule has 8 heteroatoms. The SMILES string of the molecule is O=[N+]([O-])c1ccc(-c2csc(N/N=C\c3cccc(O)c3)n2)cc1. The van der Waals surface area contributed by atoms with Gasteiger partial charge in [-0.05, 0) is 29.8 Å². The third-order valence-electron chi connectivity index (χ3n) is 3.12. The van der Waals surface area contributed by atoms with E-state index in [-0.39, 0.29) is 11.4 Å². The largest absolute Gasteiger partial charge is 0.508 e. The maximum absolute atomic E-state index is 10.7. The first-order chi connectivity index (χ1) is 11.6. The zero-order valence-electron chi connectivity index (χ0n) is 12.3. The van der Waals surface area contributed by atoms with Crippen LogP contribution in [-0.2, 0) is 0 Å². The number of hydrazone groups is 1. The summed E-state index contributed by atoms with van der Waals surface area (Å²) >= 11 is 1.37. The van der Waals surface area contributed by atoms with Crippen molar-refractivity contribution in [3.05, 3.63) is 69.6 Å². The van der Waals surface area contributed by atoms with Crippen molar-refractivity contribution in [2.75, 3.05) is 5.43 Å². The quantitative estimate of drug-likeness (QED) is 0.417. The molecular weight excluding hydrogens is 328 g/mol. The van der Waals surface area contributed by atoms with Crippen LogP contribution < -0.4 is 5.43 Å². The van der Waals surface area contributed by atoms with Crippen LogP contribution in [0.3, 0.4) is 0 Å². The van der Waals surface area contributed by atoms with Crippen LogP contribution in [0.25, 0.3) is 11.3 Å². The lowest BCUT2D eigenvalue weighted by Crippen LogP contribution is -1.90. The van der Waals surface area contributed by atoms with Crippen molar-refractivity contribution in [1.82, 2.24) is 4.98 Å². The summed E-state index contributed by atoms with van der Waals surface area (Å²) in [6.07, 6.45) is 1.58. The summed E-state index contributed by atoms with van der Waals surface area (Å²) in [6.45, 7) is 0. The number of aromatic hydroxyl groups is 1. The summed E-state index contributed by atoms with van der Waals surface area (Å²) in [6, 6.07) is 12.9. The lowest BCUT2D eigenvalue weighted by Gasteiger charge is -1.97. The molecule has 0 aliphatic heterocycles. The van der Waals surface area contributed by atoms with E-state index in [1.165, 1.54) is 23.5 Å². The molecule has 3 rings (SSSR count). The van der Waals surface area contributed by atoms with E-state index < -0.39 is 4.92 Å². The molecule has 0 aliphatic rings. The summed E-state index contributed by atoms with van der Waals surface area (Å²) < 4.78 is 0. The van der Waals surface area contributed by atoms with Gasteiger partial charge in [0.1, 0.15) is 5.75 Å². The minimum atomic E-state index is -0.437. The van der Waals surface area contributed by atoms with Crippen LogP contribution in [0.5, 0.6) is 5.75 Å². The second-order valence-electron chi connectivity index (χ2n) is 4.81. The number of nitrogens with zero attached hydrogens (tertiary/aromatic N) is 3. The molecule has 0 radical (unpaired) electrons. The molecule has 0 spiro atoms. The van der Waals surface area contributed by atoms with Crippen molar-refractivity contribution in [1.29, 1.82) is 0 Å². The second kappa shape index (κ2) is 6.88. The first kappa shape index (κ1) is 15.6. The lowest BCUT2D eigenvalue weighted by molar-refractivity contribution is -0.384. The fourth-order valence-electron chi connectivity index (χ4n) is 1.98. The summed E-state index contributed by atoms with van der Waals surface area (Å²) in [7, 11) is 0. The average Bonchev–Trinajstić information content (AvgIpc) is 3.04. The lowest BCUT2D eigenvalue weighted by atomic mass is 10.1. The van der Waals surface area contributed by atoms with E-state index in [1.54, 1.807) is 36.5 Å². The smallest absolute Gasteiger partial charge is 0.269 e. The van der Waals surface area contributed by atoms with E-state index in [2.05, 4.69) is 15.5 Å². The summed E-state index contributed by atoms with van der Waals surface area (Å²) in [5, 5.41) is 26.5. The third-order valence-corrected chi connectivity index (χ3v) is 3.87. The molecule has 120 valence electrons. The van der Waals surface area contributed by atoms with Gasteiger partial charge in [0.2, 0.25) is 5.13 Å². The fraction of sp³-hybridized carbons (Fsp3) is 0. The van der Waals surface area contributed by atoms with Crippen LogP contribution in [0.2, 0.25) is 0 Å². The molecule has 1 heterocycles. The molecular formula is C16H12N4O3S. The Hall–Kier alpha value is -3.26. The number of hydrogen-bond acceptors (Lipinski definition) is 7. The minimum absolute atomic E-state index is 0.0445. The highest BCUT2D eigenvalue weighted by Gasteiger charge is 2.07. The molecule has 0 saturated carbocycles. The number of nitro benzene ring substituents is 1. The Balaban J connectivity index is 1.68. The maximum Gasteiger partial charge on any atom is 0.269 e. The summed E-state index contributed by atoms with van der Waals surface area (Å²) in [5.41, 5.74) is 5.13. The van der Waals surface area contributed by atoms with Gasteiger partial charge in [0, 0.05) is 23.1 Å². The van der Waals surface area contributed by atoms with Gasteiger partial charge < -0.3 is 5.11 Å². The first-order valence-electron chi connectivity index (χ1n) is 6.90. The number of phenolic OH excluding ortho intramolecular Hbond substituents is 1. The van der Waals surface area contributed by atoms with Gasteiger partial charge in [-0.1, -0.05) is 12.1 Å². The Bertz CT molecular complexity index is 890. The number of thiazole rings is 1. The van der Waals surface area contributed by atoms with E-state index in [4.69, 9.17) is 0 Å². The highest BCUT2D eigenvalue weighted by atomic mass is 32.1. The molecule has 0 fully saturated rings. The number of non-ortho nitro benzene ring substituents is 1. The average molecular weight is 340 g/mol. The van der Waals surface area contributed by atoms with Crippen LogP contribution in [0.1, 0.15) is 5.56 Å². The molecule has 2 aromatic carbocycles. The van der Waals surface area contributed by atoms with E-state index in [1.807, 2.05) is 11.4 Å². The number of aromatic nitrogens is 1. The number of phenols is 1. The van der Waals surface area contributed by atoms with Crippen molar-refractivity contribution in [3.8, 4) is 17.0 Å². The Morgan fingerprint density at radius 2 is 2.04 bits per heavy atom. The van der Waals surface area contributed by atoms with Crippen LogP contribution >= 0.6 is 11.3 Å². The minimum Gasteiger partial charge on any atom is -0.508 e. The summed E-state index contributed by atoms with van der Waals surface area (Å²) in [4.78, 5) is 14.6. The normalized spacial score (nSPS) is 10.8. The van der Waals surface area contributed by atoms with Gasteiger partial charge in [0.15, 0.2) is 0 Å². The Morgan fingerprint density at radius 1 is 1.25 bits per heavy atom. The van der Waals surface area contributed by atoms with Gasteiger partial charge in [-0.15, -0.1) is 11.3 Å². The van der Waals surface area contributed by atoms with E-state index in [9.17, 15) is 15.2 Å². The molecule has 0 aliphatic carbocycles. The van der Waals surface area contributed by atoms with Crippen molar-refractivity contribution in [3.63, 3.8) is 0 Å². The molecule has 3 aromatic rings. The molecule has 0 saturated heterocycles. The Kier molecular flexibility index (Phi) is 4.48. The number of benzene rings is 2. The topological polar surface area (TPSA) is 101 Å². The van der Waals surface area contributed by atoms with Crippen molar-refractivity contribution in [2.24, 2.45) is 5.10 Å². The number of nitro groups is 1.